The van der Waals surface area contributed by atoms with Crippen LogP contribution in [0.2, 0.25) is 5.02 Å². The zero-order valence-corrected chi connectivity index (χ0v) is 13.3. The molecule has 0 unspecified atom stereocenters. The molecule has 0 aromatic heterocycles. The molecule has 1 N–H and O–H groups in total. The summed E-state index contributed by atoms with van der Waals surface area (Å²) in [4.78, 5) is 0. The molecule has 2 nitrogen and oxygen atoms in total. The van der Waals surface area contributed by atoms with Gasteiger partial charge in [0.25, 0.3) is 0 Å². The van der Waals surface area contributed by atoms with Crippen LogP contribution in [0.1, 0.15) is 33.3 Å². The Morgan fingerprint density at radius 3 is 2.68 bits per heavy atom. The standard InChI is InChI=1S/C16H26ClNO/c1-13(2)9-18-11-16(3,4)12-19-10-14-6-5-7-15(17)8-14/h5-8,13,18H,9-12H2,1-4H3. The van der Waals surface area contributed by atoms with Gasteiger partial charge in [0.05, 0.1) is 13.2 Å². The lowest BCUT2D eigenvalue weighted by Crippen LogP contribution is -2.35. The minimum absolute atomic E-state index is 0.146. The molecule has 1 rings (SSSR count). The number of ether oxygens (including phenoxy) is 1. The quantitative estimate of drug-likeness (QED) is 0.775. The topological polar surface area (TPSA) is 21.3 Å². The second-order valence-corrected chi connectivity index (χ2v) is 6.75. The smallest absolute Gasteiger partial charge is 0.0717 e. The number of hydrogen-bond acceptors (Lipinski definition) is 2. The molecule has 0 atom stereocenters. The van der Waals surface area contributed by atoms with E-state index in [2.05, 4.69) is 33.0 Å². The molecule has 0 spiro atoms. The monoisotopic (exact) mass is 283 g/mol. The molecule has 3 heteroatoms. The number of rotatable bonds is 8. The van der Waals surface area contributed by atoms with Gasteiger partial charge < -0.3 is 10.1 Å². The third-order valence-corrected chi connectivity index (χ3v) is 3.04. The van der Waals surface area contributed by atoms with Crippen LogP contribution in [0.3, 0.4) is 0 Å². The second kappa shape index (κ2) is 7.88. The lowest BCUT2D eigenvalue weighted by molar-refractivity contribution is 0.0510. The first-order chi connectivity index (χ1) is 8.89. The fourth-order valence-corrected chi connectivity index (χ4v) is 2.04. The van der Waals surface area contributed by atoms with Crippen molar-refractivity contribution >= 4 is 11.6 Å². The minimum Gasteiger partial charge on any atom is -0.376 e. The van der Waals surface area contributed by atoms with Gasteiger partial charge in [0.15, 0.2) is 0 Å². The highest BCUT2D eigenvalue weighted by molar-refractivity contribution is 6.30. The number of benzene rings is 1. The Labute approximate surface area is 122 Å². The van der Waals surface area contributed by atoms with Gasteiger partial charge in [-0.2, -0.15) is 0 Å². The van der Waals surface area contributed by atoms with E-state index in [9.17, 15) is 0 Å². The first-order valence-corrected chi connectivity index (χ1v) is 7.30. The van der Waals surface area contributed by atoms with Crippen LogP contribution in [0.4, 0.5) is 0 Å². The molecule has 1 aromatic rings. The van der Waals surface area contributed by atoms with Gasteiger partial charge in [-0.1, -0.05) is 51.4 Å². The van der Waals surface area contributed by atoms with E-state index in [1.807, 2.05) is 24.3 Å². The van der Waals surface area contributed by atoms with E-state index in [-0.39, 0.29) is 5.41 Å². The molecule has 0 radical (unpaired) electrons. The Hall–Kier alpha value is -0.570. The maximum absolute atomic E-state index is 5.95. The normalized spacial score (nSPS) is 12.1. The molecular weight excluding hydrogens is 258 g/mol. The van der Waals surface area contributed by atoms with E-state index in [4.69, 9.17) is 16.3 Å². The maximum atomic E-state index is 5.95. The first kappa shape index (κ1) is 16.5. The van der Waals surface area contributed by atoms with Crippen molar-refractivity contribution in [1.82, 2.24) is 5.32 Å². The van der Waals surface area contributed by atoms with Gasteiger partial charge in [-0.3, -0.25) is 0 Å². The molecule has 0 aliphatic rings. The van der Waals surface area contributed by atoms with Gasteiger partial charge in [-0.25, -0.2) is 0 Å². The Morgan fingerprint density at radius 1 is 1.32 bits per heavy atom. The third-order valence-electron chi connectivity index (χ3n) is 2.81. The Morgan fingerprint density at radius 2 is 2.05 bits per heavy atom. The fraction of sp³-hybridized carbons (Fsp3) is 0.625. The van der Waals surface area contributed by atoms with Crippen molar-refractivity contribution in [2.45, 2.75) is 34.3 Å². The van der Waals surface area contributed by atoms with Gasteiger partial charge >= 0.3 is 0 Å². The molecule has 0 fully saturated rings. The lowest BCUT2D eigenvalue weighted by atomic mass is 9.94. The van der Waals surface area contributed by atoms with Gasteiger partial charge in [0, 0.05) is 17.0 Å². The molecule has 1 aromatic carbocycles. The average molecular weight is 284 g/mol. The molecule has 0 aliphatic carbocycles. The molecule has 0 aliphatic heterocycles. The Balaban J connectivity index is 2.27. The highest BCUT2D eigenvalue weighted by Gasteiger charge is 2.17. The summed E-state index contributed by atoms with van der Waals surface area (Å²) in [5, 5.41) is 4.24. The van der Waals surface area contributed by atoms with Crippen molar-refractivity contribution in [2.24, 2.45) is 11.3 Å². The predicted molar refractivity (Wildman–Crippen MR) is 82.6 cm³/mol. The van der Waals surface area contributed by atoms with Crippen LogP contribution in [0, 0.1) is 11.3 Å². The third kappa shape index (κ3) is 7.56. The van der Waals surface area contributed by atoms with Crippen LogP contribution >= 0.6 is 11.6 Å². The van der Waals surface area contributed by atoms with Gasteiger partial charge in [-0.05, 0) is 30.2 Å². The van der Waals surface area contributed by atoms with E-state index < -0.39 is 0 Å². The highest BCUT2D eigenvalue weighted by atomic mass is 35.5. The Bertz CT molecular complexity index is 377. The molecule has 108 valence electrons. The van der Waals surface area contributed by atoms with Crippen molar-refractivity contribution in [2.75, 3.05) is 19.7 Å². The van der Waals surface area contributed by atoms with E-state index in [0.717, 1.165) is 30.3 Å². The summed E-state index contributed by atoms with van der Waals surface area (Å²) in [5.74, 6) is 0.683. The predicted octanol–water partition coefficient (Wildman–Crippen LogP) is 4.13. The molecule has 0 saturated carbocycles. The zero-order chi connectivity index (χ0) is 14.3. The molecule has 0 saturated heterocycles. The molecule has 0 bridgehead atoms. The molecular formula is C16H26ClNO. The molecule has 0 heterocycles. The van der Waals surface area contributed by atoms with Crippen LogP contribution < -0.4 is 5.32 Å². The lowest BCUT2D eigenvalue weighted by Gasteiger charge is -2.25. The van der Waals surface area contributed by atoms with Crippen LogP contribution in [0.15, 0.2) is 24.3 Å². The van der Waals surface area contributed by atoms with Crippen LogP contribution in [-0.2, 0) is 11.3 Å². The van der Waals surface area contributed by atoms with Crippen LogP contribution in [-0.4, -0.2) is 19.7 Å². The van der Waals surface area contributed by atoms with E-state index in [1.54, 1.807) is 0 Å². The van der Waals surface area contributed by atoms with E-state index >= 15 is 0 Å². The SMILES string of the molecule is CC(C)CNCC(C)(C)COCc1cccc(Cl)c1. The summed E-state index contributed by atoms with van der Waals surface area (Å²) < 4.78 is 5.80. The second-order valence-electron chi connectivity index (χ2n) is 6.31. The summed E-state index contributed by atoms with van der Waals surface area (Å²) >= 11 is 5.95. The van der Waals surface area contributed by atoms with Crippen LogP contribution in [0.25, 0.3) is 0 Å². The van der Waals surface area contributed by atoms with Crippen molar-refractivity contribution in [3.63, 3.8) is 0 Å². The number of hydrogen-bond donors (Lipinski definition) is 1. The van der Waals surface area contributed by atoms with E-state index in [1.165, 1.54) is 0 Å². The largest absolute Gasteiger partial charge is 0.376 e. The number of halogens is 1. The zero-order valence-electron chi connectivity index (χ0n) is 12.5. The van der Waals surface area contributed by atoms with Gasteiger partial charge in [0.2, 0.25) is 0 Å². The minimum atomic E-state index is 0.146. The van der Waals surface area contributed by atoms with Crippen molar-refractivity contribution in [3.8, 4) is 0 Å². The van der Waals surface area contributed by atoms with Crippen LogP contribution in [0.5, 0.6) is 0 Å². The number of nitrogens with one attached hydrogen (secondary N) is 1. The van der Waals surface area contributed by atoms with E-state index in [0.29, 0.717) is 12.5 Å². The van der Waals surface area contributed by atoms with Crippen molar-refractivity contribution in [1.29, 1.82) is 0 Å². The van der Waals surface area contributed by atoms with Crippen molar-refractivity contribution in [3.05, 3.63) is 34.9 Å². The van der Waals surface area contributed by atoms with Gasteiger partial charge in [0.1, 0.15) is 0 Å². The fourth-order valence-electron chi connectivity index (χ4n) is 1.82. The average Bonchev–Trinajstić information content (AvgIpc) is 2.27. The van der Waals surface area contributed by atoms with Crippen molar-refractivity contribution < 1.29 is 4.74 Å². The first-order valence-electron chi connectivity index (χ1n) is 6.92. The highest BCUT2D eigenvalue weighted by Crippen LogP contribution is 2.16. The Kier molecular flexibility index (Phi) is 6.84. The molecule has 0 amide bonds. The van der Waals surface area contributed by atoms with Gasteiger partial charge in [-0.15, -0.1) is 0 Å². The summed E-state index contributed by atoms with van der Waals surface area (Å²) in [5.41, 5.74) is 1.27. The summed E-state index contributed by atoms with van der Waals surface area (Å²) in [7, 11) is 0. The summed E-state index contributed by atoms with van der Waals surface area (Å²) in [6, 6.07) is 7.82. The summed E-state index contributed by atoms with van der Waals surface area (Å²) in [6.45, 7) is 12.3. The molecule has 19 heavy (non-hydrogen) atoms. The maximum Gasteiger partial charge on any atom is 0.0717 e. The summed E-state index contributed by atoms with van der Waals surface area (Å²) in [6.07, 6.45) is 0.